The van der Waals surface area contributed by atoms with E-state index in [0.29, 0.717) is 41.5 Å². The van der Waals surface area contributed by atoms with Crippen molar-refractivity contribution in [3.8, 4) is 22.8 Å². The van der Waals surface area contributed by atoms with Crippen molar-refractivity contribution < 1.29 is 27.1 Å². The van der Waals surface area contributed by atoms with Crippen LogP contribution < -0.4 is 24.4 Å². The van der Waals surface area contributed by atoms with E-state index in [1.807, 2.05) is 44.2 Å². The molecule has 0 bridgehead atoms. The molecule has 0 atom stereocenters. The van der Waals surface area contributed by atoms with Gasteiger partial charge in [0.1, 0.15) is 30.0 Å². The highest BCUT2D eigenvalue weighted by Gasteiger charge is 2.59. The molecule has 0 radical (unpaired) electrons. The average molecular weight is 649 g/mol. The molecule has 4 aromatic rings. The number of fused-ring (bicyclic) bond motifs is 4. The van der Waals surface area contributed by atoms with Gasteiger partial charge >= 0.3 is 10.2 Å². The van der Waals surface area contributed by atoms with E-state index in [-0.39, 0.29) is 41.8 Å². The highest BCUT2D eigenvalue weighted by Crippen LogP contribution is 2.56. The Morgan fingerprint density at radius 1 is 1.11 bits per heavy atom. The molecule has 2 aliphatic rings. The first-order chi connectivity index (χ1) is 21.9. The number of carbonyl (C=O) groups is 1. The predicted octanol–water partition coefficient (Wildman–Crippen LogP) is 4.49. The molecule has 3 heterocycles. The first-order valence-corrected chi connectivity index (χ1v) is 16.5. The second-order valence-electron chi connectivity index (χ2n) is 12.2. The zero-order chi connectivity index (χ0) is 32.8. The molecule has 1 aliphatic heterocycles. The van der Waals surface area contributed by atoms with Crippen LogP contribution in [-0.4, -0.2) is 75.0 Å². The molecular formula is C33H37FN6O5S. The van der Waals surface area contributed by atoms with E-state index in [9.17, 15) is 13.2 Å². The normalized spacial score (nSPS) is 19.2. The molecule has 2 N–H and O–H groups in total. The fourth-order valence-electron chi connectivity index (χ4n) is 6.10. The number of anilines is 2. The van der Waals surface area contributed by atoms with Crippen LogP contribution in [0.25, 0.3) is 22.0 Å². The number of amides is 1. The van der Waals surface area contributed by atoms with Gasteiger partial charge in [-0.15, -0.1) is 0 Å². The fourth-order valence-corrected chi connectivity index (χ4v) is 6.71. The van der Waals surface area contributed by atoms with Crippen molar-refractivity contribution in [3.05, 3.63) is 72.3 Å². The Balaban J connectivity index is 1.39. The van der Waals surface area contributed by atoms with Crippen molar-refractivity contribution in [2.45, 2.75) is 44.2 Å². The molecule has 2 aromatic heterocycles. The van der Waals surface area contributed by atoms with Crippen molar-refractivity contribution >= 4 is 38.4 Å². The minimum Gasteiger partial charge on any atom is -0.490 e. The van der Waals surface area contributed by atoms with Crippen LogP contribution in [0.2, 0.25) is 0 Å². The lowest BCUT2D eigenvalue weighted by atomic mass is 9.62. The number of hydrogen-bond donors (Lipinski definition) is 2. The van der Waals surface area contributed by atoms with E-state index in [0.717, 1.165) is 15.6 Å². The SMILES string of the molecule is CC(C)NCCOc1ncc(-c2cc3c4c(cnc3cc2F)N(C)C(=O)C42CC(Oc3ccccc3)C2)cc1NS(=O)(=O)N(C)C. The summed E-state index contributed by atoms with van der Waals surface area (Å²) in [4.78, 5) is 24.2. The summed E-state index contributed by atoms with van der Waals surface area (Å²) in [5.41, 5.74) is 1.62. The largest absolute Gasteiger partial charge is 0.490 e. The molecule has 46 heavy (non-hydrogen) atoms. The van der Waals surface area contributed by atoms with Gasteiger partial charge < -0.3 is 19.7 Å². The Kier molecular flexibility index (Phi) is 8.34. The summed E-state index contributed by atoms with van der Waals surface area (Å²) in [5.74, 6) is 0.186. The van der Waals surface area contributed by atoms with Gasteiger partial charge in [0, 0.05) is 80.9 Å². The number of carbonyl (C=O) groups excluding carboxylic acids is 1. The summed E-state index contributed by atoms with van der Waals surface area (Å²) in [6, 6.07) is 14.2. The molecule has 1 saturated carbocycles. The predicted molar refractivity (Wildman–Crippen MR) is 175 cm³/mol. The van der Waals surface area contributed by atoms with Crippen molar-refractivity contribution in [2.75, 3.05) is 43.9 Å². The van der Waals surface area contributed by atoms with Crippen LogP contribution in [0.5, 0.6) is 11.6 Å². The number of para-hydroxylation sites is 1. The van der Waals surface area contributed by atoms with Crippen LogP contribution in [0.15, 0.2) is 60.9 Å². The van der Waals surface area contributed by atoms with E-state index < -0.39 is 21.4 Å². The van der Waals surface area contributed by atoms with Gasteiger partial charge in [-0.2, -0.15) is 12.7 Å². The summed E-state index contributed by atoms with van der Waals surface area (Å²) in [6.45, 7) is 4.76. The molecule has 1 fully saturated rings. The first kappa shape index (κ1) is 31.6. The standard InChI is InChI=1S/C33H37FN6O5S/c1-20(2)35-11-12-44-31-28(38-46(42,43)39(3)4)13-21(18-37-31)24-14-25-27(15-26(24)34)36-19-29-30(25)33(32(41)40(29)5)16-23(17-33)45-22-9-7-6-8-10-22/h6-10,13-15,18-20,23,35,38H,11-12,16-17H2,1-5H3. The van der Waals surface area contributed by atoms with Gasteiger partial charge in [-0.1, -0.05) is 32.0 Å². The number of nitrogens with zero attached hydrogens (tertiary/aromatic N) is 4. The first-order valence-electron chi connectivity index (χ1n) is 15.1. The summed E-state index contributed by atoms with van der Waals surface area (Å²) < 4.78 is 56.9. The summed E-state index contributed by atoms with van der Waals surface area (Å²) in [5, 5.41) is 3.87. The van der Waals surface area contributed by atoms with Gasteiger partial charge in [0.25, 0.3) is 0 Å². The highest BCUT2D eigenvalue weighted by atomic mass is 32.2. The number of benzene rings is 2. The Morgan fingerprint density at radius 2 is 1.85 bits per heavy atom. The quantitative estimate of drug-likeness (QED) is 0.228. The van der Waals surface area contributed by atoms with Crippen LogP contribution >= 0.6 is 0 Å². The number of ether oxygens (including phenoxy) is 2. The lowest BCUT2D eigenvalue weighted by Crippen LogP contribution is -2.53. The molecule has 242 valence electrons. The number of nitrogens with one attached hydrogen (secondary N) is 2. The summed E-state index contributed by atoms with van der Waals surface area (Å²) in [6.07, 6.45) is 3.84. The number of aromatic nitrogens is 2. The van der Waals surface area contributed by atoms with E-state index in [2.05, 4.69) is 20.0 Å². The minimum absolute atomic E-state index is 0.0499. The maximum atomic E-state index is 15.8. The van der Waals surface area contributed by atoms with E-state index in [1.165, 1.54) is 32.4 Å². The maximum Gasteiger partial charge on any atom is 0.301 e. The number of halogens is 1. The zero-order valence-corrected chi connectivity index (χ0v) is 27.2. The maximum absolute atomic E-state index is 15.8. The van der Waals surface area contributed by atoms with Gasteiger partial charge in [0.2, 0.25) is 11.8 Å². The minimum atomic E-state index is -3.93. The molecule has 0 unspecified atom stereocenters. The molecule has 13 heteroatoms. The van der Waals surface area contributed by atoms with E-state index in [1.54, 1.807) is 24.2 Å². The number of hydrogen-bond acceptors (Lipinski definition) is 8. The highest BCUT2D eigenvalue weighted by molar-refractivity contribution is 7.90. The van der Waals surface area contributed by atoms with Crippen LogP contribution in [0, 0.1) is 5.82 Å². The average Bonchev–Trinajstić information content (AvgIpc) is 3.22. The lowest BCUT2D eigenvalue weighted by molar-refractivity contribution is -0.129. The van der Waals surface area contributed by atoms with E-state index >= 15 is 4.39 Å². The van der Waals surface area contributed by atoms with Crippen LogP contribution in [0.1, 0.15) is 32.3 Å². The lowest BCUT2D eigenvalue weighted by Gasteiger charge is -2.43. The number of rotatable bonds is 11. The zero-order valence-electron chi connectivity index (χ0n) is 26.4. The van der Waals surface area contributed by atoms with Crippen molar-refractivity contribution in [1.82, 2.24) is 19.6 Å². The van der Waals surface area contributed by atoms with Crippen LogP contribution in [-0.2, 0) is 20.4 Å². The van der Waals surface area contributed by atoms with Gasteiger partial charge in [0.05, 0.1) is 22.8 Å². The Hall–Kier alpha value is -4.33. The van der Waals surface area contributed by atoms with Crippen molar-refractivity contribution in [2.24, 2.45) is 0 Å². The molecule has 1 spiro atoms. The molecule has 11 nitrogen and oxygen atoms in total. The summed E-state index contributed by atoms with van der Waals surface area (Å²) >= 11 is 0. The molecule has 1 amide bonds. The van der Waals surface area contributed by atoms with Gasteiger partial charge in [0.15, 0.2) is 0 Å². The monoisotopic (exact) mass is 648 g/mol. The Labute approximate surface area is 267 Å². The Morgan fingerprint density at radius 3 is 2.54 bits per heavy atom. The second-order valence-corrected chi connectivity index (χ2v) is 14.1. The molecule has 0 saturated heterocycles. The number of pyridine rings is 2. The Bertz CT molecular complexity index is 1900. The third kappa shape index (κ3) is 5.74. The third-order valence-electron chi connectivity index (χ3n) is 8.46. The van der Waals surface area contributed by atoms with Crippen molar-refractivity contribution in [1.29, 1.82) is 0 Å². The van der Waals surface area contributed by atoms with Crippen LogP contribution in [0.4, 0.5) is 15.8 Å². The van der Waals surface area contributed by atoms with Crippen molar-refractivity contribution in [3.63, 3.8) is 0 Å². The topological polar surface area (TPSA) is 126 Å². The third-order valence-corrected chi connectivity index (χ3v) is 9.90. The van der Waals surface area contributed by atoms with Crippen LogP contribution in [0.3, 0.4) is 0 Å². The molecule has 1 aliphatic carbocycles. The molecule has 6 rings (SSSR count). The van der Waals surface area contributed by atoms with E-state index in [4.69, 9.17) is 9.47 Å². The summed E-state index contributed by atoms with van der Waals surface area (Å²) in [7, 11) is 0.584. The molecule has 2 aromatic carbocycles. The van der Waals surface area contributed by atoms with Gasteiger partial charge in [-0.25, -0.2) is 9.37 Å². The smallest absolute Gasteiger partial charge is 0.301 e. The van der Waals surface area contributed by atoms with Gasteiger partial charge in [-0.3, -0.25) is 14.5 Å². The molecular weight excluding hydrogens is 611 g/mol. The second kappa shape index (κ2) is 12.1. The number of likely N-dealkylation sites (N-methyl/N-ethyl adjacent to an activating group) is 1. The fraction of sp³-hybridized carbons (Fsp3) is 0.364. The van der Waals surface area contributed by atoms with Gasteiger partial charge in [-0.05, 0) is 24.3 Å².